The van der Waals surface area contributed by atoms with E-state index in [1.54, 1.807) is 11.9 Å². The van der Waals surface area contributed by atoms with Crippen molar-refractivity contribution in [3.05, 3.63) is 0 Å². The van der Waals surface area contributed by atoms with Gasteiger partial charge in [0.15, 0.2) is 0 Å². The summed E-state index contributed by atoms with van der Waals surface area (Å²) in [6.07, 6.45) is 7.32. The van der Waals surface area contributed by atoms with Gasteiger partial charge in [-0.2, -0.15) is 5.26 Å². The van der Waals surface area contributed by atoms with Crippen LogP contribution >= 0.6 is 0 Å². The molecule has 0 aromatic rings. The lowest BCUT2D eigenvalue weighted by Crippen LogP contribution is -2.50. The van der Waals surface area contributed by atoms with Gasteiger partial charge < -0.3 is 10.6 Å². The quantitative estimate of drug-likeness (QED) is 0.804. The Morgan fingerprint density at radius 3 is 2.47 bits per heavy atom. The van der Waals surface area contributed by atoms with Crippen molar-refractivity contribution in [2.24, 2.45) is 11.7 Å². The normalized spacial score (nSPS) is 24.8. The Labute approximate surface area is 103 Å². The summed E-state index contributed by atoms with van der Waals surface area (Å²) < 4.78 is 0. The molecule has 94 valence electrons. The molecule has 4 heteroatoms. The fourth-order valence-corrected chi connectivity index (χ4v) is 2.77. The molecule has 2 fully saturated rings. The van der Waals surface area contributed by atoms with E-state index in [1.807, 2.05) is 0 Å². The Morgan fingerprint density at radius 1 is 1.41 bits per heavy atom. The van der Waals surface area contributed by atoms with Crippen LogP contribution in [0.25, 0.3) is 0 Å². The summed E-state index contributed by atoms with van der Waals surface area (Å²) in [7, 11) is 1.72. The van der Waals surface area contributed by atoms with Crippen LogP contribution in [0.4, 0.5) is 0 Å². The molecule has 2 saturated carbocycles. The third-order valence-corrected chi connectivity index (χ3v) is 4.35. The zero-order valence-corrected chi connectivity index (χ0v) is 10.5. The highest BCUT2D eigenvalue weighted by atomic mass is 16.2. The van der Waals surface area contributed by atoms with Crippen molar-refractivity contribution in [2.75, 3.05) is 7.05 Å². The van der Waals surface area contributed by atoms with Gasteiger partial charge in [-0.1, -0.05) is 19.3 Å². The third-order valence-electron chi connectivity index (χ3n) is 4.35. The Balaban J connectivity index is 1.97. The summed E-state index contributed by atoms with van der Waals surface area (Å²) >= 11 is 0. The lowest BCUT2D eigenvalue weighted by Gasteiger charge is -2.31. The number of rotatable bonds is 3. The predicted octanol–water partition coefficient (Wildman–Crippen LogP) is 1.41. The number of carbonyl (C=O) groups is 1. The number of carbonyl (C=O) groups excluding carboxylic acids is 1. The number of hydrogen-bond acceptors (Lipinski definition) is 3. The van der Waals surface area contributed by atoms with Gasteiger partial charge in [-0.15, -0.1) is 0 Å². The Kier molecular flexibility index (Phi) is 3.39. The second-order valence-electron chi connectivity index (χ2n) is 5.46. The molecular weight excluding hydrogens is 214 g/mol. The van der Waals surface area contributed by atoms with Gasteiger partial charge in [0.25, 0.3) is 0 Å². The summed E-state index contributed by atoms with van der Waals surface area (Å²) in [5.74, 6) is 0.268. The molecule has 0 heterocycles. The van der Waals surface area contributed by atoms with Gasteiger partial charge in [0.2, 0.25) is 5.91 Å². The van der Waals surface area contributed by atoms with Crippen LogP contribution in [0.1, 0.15) is 44.9 Å². The Bertz CT molecular complexity index is 337. The van der Waals surface area contributed by atoms with Crippen LogP contribution in [-0.4, -0.2) is 29.4 Å². The van der Waals surface area contributed by atoms with Crippen LogP contribution < -0.4 is 5.73 Å². The van der Waals surface area contributed by atoms with Crippen LogP contribution in [0.2, 0.25) is 0 Å². The van der Waals surface area contributed by atoms with Crippen LogP contribution in [-0.2, 0) is 4.79 Å². The van der Waals surface area contributed by atoms with E-state index < -0.39 is 11.6 Å². The molecule has 2 rings (SSSR count). The molecule has 4 nitrogen and oxygen atoms in total. The molecular formula is C13H21N3O. The number of nitrogens with zero attached hydrogens (tertiary/aromatic N) is 2. The zero-order chi connectivity index (χ0) is 12.5. The number of amides is 1. The minimum atomic E-state index is -0.538. The average molecular weight is 235 g/mol. The summed E-state index contributed by atoms with van der Waals surface area (Å²) in [5, 5.41) is 9.08. The maximum absolute atomic E-state index is 12.2. The highest BCUT2D eigenvalue weighted by molar-refractivity contribution is 5.83. The topological polar surface area (TPSA) is 70.1 Å². The van der Waals surface area contributed by atoms with Gasteiger partial charge in [0.05, 0.1) is 12.1 Å². The molecule has 0 unspecified atom stereocenters. The van der Waals surface area contributed by atoms with Crippen LogP contribution in [0.15, 0.2) is 0 Å². The molecule has 1 atom stereocenters. The van der Waals surface area contributed by atoms with E-state index in [0.717, 1.165) is 25.7 Å². The van der Waals surface area contributed by atoms with Gasteiger partial charge in [-0.05, 0) is 31.6 Å². The van der Waals surface area contributed by atoms with E-state index in [1.165, 1.54) is 19.3 Å². The molecule has 1 amide bonds. The Hall–Kier alpha value is -1.08. The first kappa shape index (κ1) is 12.4. The van der Waals surface area contributed by atoms with Crippen LogP contribution in [0, 0.1) is 17.2 Å². The molecule has 0 aromatic carbocycles. The first-order valence-corrected chi connectivity index (χ1v) is 6.55. The molecule has 0 bridgehead atoms. The van der Waals surface area contributed by atoms with Crippen LogP contribution in [0.5, 0.6) is 0 Å². The monoisotopic (exact) mass is 235 g/mol. The van der Waals surface area contributed by atoms with Gasteiger partial charge in [0, 0.05) is 7.05 Å². The summed E-state index contributed by atoms with van der Waals surface area (Å²) in [5.41, 5.74) is 5.53. The molecule has 17 heavy (non-hydrogen) atoms. The maximum atomic E-state index is 12.2. The molecule has 2 aliphatic rings. The number of nitriles is 1. The predicted molar refractivity (Wildman–Crippen MR) is 64.9 cm³/mol. The van der Waals surface area contributed by atoms with Gasteiger partial charge >= 0.3 is 0 Å². The average Bonchev–Trinajstić information content (AvgIpc) is 3.18. The van der Waals surface area contributed by atoms with E-state index in [0.29, 0.717) is 5.92 Å². The molecule has 2 N–H and O–H groups in total. The maximum Gasteiger partial charge on any atom is 0.240 e. The van der Waals surface area contributed by atoms with Crippen molar-refractivity contribution in [1.29, 1.82) is 5.26 Å². The van der Waals surface area contributed by atoms with Gasteiger partial charge in [0.1, 0.15) is 5.54 Å². The first-order chi connectivity index (χ1) is 8.10. The number of hydrogen-bond donors (Lipinski definition) is 1. The van der Waals surface area contributed by atoms with Crippen molar-refractivity contribution in [1.82, 2.24) is 4.90 Å². The fraction of sp³-hybridized carbons (Fsp3) is 0.846. The van der Waals surface area contributed by atoms with Crippen molar-refractivity contribution >= 4 is 5.91 Å². The van der Waals surface area contributed by atoms with Gasteiger partial charge in [-0.3, -0.25) is 4.79 Å². The summed E-state index contributed by atoms with van der Waals surface area (Å²) in [6.45, 7) is 0. The van der Waals surface area contributed by atoms with E-state index in [9.17, 15) is 4.79 Å². The standard InChI is InChI=1S/C13H21N3O/c1-16(13(9-14)7-8-13)12(17)11(15)10-5-3-2-4-6-10/h10-11H,2-8,15H2,1H3/t11-/m0/s1. The summed E-state index contributed by atoms with van der Waals surface area (Å²) in [4.78, 5) is 13.8. The molecule has 0 aromatic heterocycles. The lowest BCUT2D eigenvalue weighted by atomic mass is 9.83. The second kappa shape index (κ2) is 4.66. The molecule has 0 aliphatic heterocycles. The minimum absolute atomic E-state index is 0.0454. The number of likely N-dealkylation sites (N-methyl/N-ethyl adjacent to an activating group) is 1. The Morgan fingerprint density at radius 2 is 2.00 bits per heavy atom. The summed E-state index contributed by atoms with van der Waals surface area (Å²) in [6, 6.07) is 1.83. The fourth-order valence-electron chi connectivity index (χ4n) is 2.77. The first-order valence-electron chi connectivity index (χ1n) is 6.55. The van der Waals surface area contributed by atoms with Gasteiger partial charge in [-0.25, -0.2) is 0 Å². The highest BCUT2D eigenvalue weighted by Gasteiger charge is 2.50. The van der Waals surface area contributed by atoms with Crippen molar-refractivity contribution < 1.29 is 4.79 Å². The van der Waals surface area contributed by atoms with Crippen molar-refractivity contribution in [3.8, 4) is 6.07 Å². The number of nitrogens with two attached hydrogens (primary N) is 1. The molecule has 0 spiro atoms. The van der Waals surface area contributed by atoms with E-state index in [-0.39, 0.29) is 5.91 Å². The molecule has 0 radical (unpaired) electrons. The minimum Gasteiger partial charge on any atom is -0.326 e. The zero-order valence-electron chi connectivity index (χ0n) is 10.5. The smallest absolute Gasteiger partial charge is 0.240 e. The lowest BCUT2D eigenvalue weighted by molar-refractivity contribution is -0.134. The van der Waals surface area contributed by atoms with Crippen LogP contribution in [0.3, 0.4) is 0 Å². The molecule has 0 saturated heterocycles. The van der Waals surface area contributed by atoms with E-state index >= 15 is 0 Å². The van der Waals surface area contributed by atoms with Crippen molar-refractivity contribution in [3.63, 3.8) is 0 Å². The largest absolute Gasteiger partial charge is 0.326 e. The molecule has 2 aliphatic carbocycles. The van der Waals surface area contributed by atoms with E-state index in [2.05, 4.69) is 6.07 Å². The van der Waals surface area contributed by atoms with Crippen molar-refractivity contribution in [2.45, 2.75) is 56.5 Å². The SMILES string of the molecule is CN(C(=O)[C@@H](N)C1CCCCC1)C1(C#N)CC1. The second-order valence-corrected chi connectivity index (χ2v) is 5.46. The van der Waals surface area contributed by atoms with E-state index in [4.69, 9.17) is 11.0 Å². The highest BCUT2D eigenvalue weighted by Crippen LogP contribution is 2.40. The third kappa shape index (κ3) is 2.30.